The summed E-state index contributed by atoms with van der Waals surface area (Å²) in [6.07, 6.45) is 5.03. The number of pyridine rings is 1. The predicted molar refractivity (Wildman–Crippen MR) is 79.0 cm³/mol. The molecule has 0 unspecified atom stereocenters. The van der Waals surface area contributed by atoms with Crippen LogP contribution in [0.4, 0.5) is 5.69 Å². The van der Waals surface area contributed by atoms with Gasteiger partial charge in [0, 0.05) is 31.4 Å². The molecule has 0 fully saturated rings. The van der Waals surface area contributed by atoms with Gasteiger partial charge in [0.1, 0.15) is 0 Å². The molecular formula is C15H27N3. The molecule has 0 bridgehead atoms. The maximum absolute atomic E-state index is 4.29. The molecule has 1 heterocycles. The van der Waals surface area contributed by atoms with Crippen LogP contribution in [0.3, 0.4) is 0 Å². The second kappa shape index (κ2) is 7.37. The van der Waals surface area contributed by atoms with Crippen molar-refractivity contribution in [2.24, 2.45) is 0 Å². The van der Waals surface area contributed by atoms with Gasteiger partial charge in [0.2, 0.25) is 0 Å². The lowest BCUT2D eigenvalue weighted by Gasteiger charge is -2.30. The number of nitrogens with one attached hydrogen (secondary N) is 1. The number of aromatic nitrogens is 1. The van der Waals surface area contributed by atoms with Crippen molar-refractivity contribution in [1.29, 1.82) is 0 Å². The van der Waals surface area contributed by atoms with E-state index < -0.39 is 0 Å². The fourth-order valence-electron chi connectivity index (χ4n) is 2.03. The average molecular weight is 249 g/mol. The van der Waals surface area contributed by atoms with Crippen LogP contribution in [0.2, 0.25) is 0 Å². The summed E-state index contributed by atoms with van der Waals surface area (Å²) in [5.74, 6) is 0. The van der Waals surface area contributed by atoms with Crippen molar-refractivity contribution in [2.45, 2.75) is 59.7 Å². The maximum atomic E-state index is 4.29. The van der Waals surface area contributed by atoms with Gasteiger partial charge in [-0.1, -0.05) is 20.8 Å². The van der Waals surface area contributed by atoms with Gasteiger partial charge in [0.05, 0.1) is 11.9 Å². The van der Waals surface area contributed by atoms with E-state index >= 15 is 0 Å². The first-order valence-corrected chi connectivity index (χ1v) is 6.99. The minimum atomic E-state index is 0.504. The molecular weight excluding hydrogens is 222 g/mol. The largest absolute Gasteiger partial charge is 0.368 e. The fraction of sp³-hybridized carbons (Fsp3) is 0.667. The Morgan fingerprint density at radius 3 is 2.56 bits per heavy atom. The zero-order chi connectivity index (χ0) is 13.5. The summed E-state index contributed by atoms with van der Waals surface area (Å²) in [7, 11) is 0. The topological polar surface area (TPSA) is 28.2 Å². The molecule has 0 saturated carbocycles. The zero-order valence-electron chi connectivity index (χ0n) is 12.4. The monoisotopic (exact) mass is 249 g/mol. The third-order valence-corrected chi connectivity index (χ3v) is 2.99. The van der Waals surface area contributed by atoms with Crippen LogP contribution < -0.4 is 10.2 Å². The zero-order valence-corrected chi connectivity index (χ0v) is 12.4. The van der Waals surface area contributed by atoms with Crippen LogP contribution in [0.1, 0.15) is 46.6 Å². The Balaban J connectivity index is 2.91. The first kappa shape index (κ1) is 15.0. The Bertz CT molecular complexity index is 347. The Hall–Kier alpha value is -1.09. The van der Waals surface area contributed by atoms with Crippen LogP contribution >= 0.6 is 0 Å². The molecule has 1 N–H and O–H groups in total. The van der Waals surface area contributed by atoms with Crippen molar-refractivity contribution in [3.63, 3.8) is 0 Å². The SMILES string of the molecule is CCCN(c1cnccc1CNC(C)C)C(C)C. The van der Waals surface area contributed by atoms with Gasteiger partial charge < -0.3 is 10.2 Å². The fourth-order valence-corrected chi connectivity index (χ4v) is 2.03. The Kier molecular flexibility index (Phi) is 6.13. The standard InChI is InChI=1S/C15H27N3/c1-6-9-18(13(4)5)15-11-16-8-7-14(15)10-17-12(2)3/h7-8,11-13,17H,6,9-10H2,1-5H3. The van der Waals surface area contributed by atoms with Crippen LogP contribution in [-0.2, 0) is 6.54 Å². The van der Waals surface area contributed by atoms with E-state index in [9.17, 15) is 0 Å². The molecule has 0 saturated heterocycles. The van der Waals surface area contributed by atoms with Crippen molar-refractivity contribution in [1.82, 2.24) is 10.3 Å². The van der Waals surface area contributed by atoms with Gasteiger partial charge in [-0.15, -0.1) is 0 Å². The van der Waals surface area contributed by atoms with Crippen LogP contribution in [0.5, 0.6) is 0 Å². The number of nitrogens with zero attached hydrogens (tertiary/aromatic N) is 2. The molecule has 0 aliphatic rings. The third kappa shape index (κ3) is 4.30. The van der Waals surface area contributed by atoms with E-state index in [1.165, 1.54) is 11.3 Å². The third-order valence-electron chi connectivity index (χ3n) is 2.99. The van der Waals surface area contributed by atoms with E-state index in [4.69, 9.17) is 0 Å². The highest BCUT2D eigenvalue weighted by Crippen LogP contribution is 2.21. The molecule has 0 aromatic carbocycles. The molecule has 3 nitrogen and oxygen atoms in total. The lowest BCUT2D eigenvalue weighted by molar-refractivity contribution is 0.584. The normalized spacial score (nSPS) is 11.3. The second-order valence-corrected chi connectivity index (χ2v) is 5.33. The number of hydrogen-bond acceptors (Lipinski definition) is 3. The van der Waals surface area contributed by atoms with E-state index in [2.05, 4.69) is 55.9 Å². The second-order valence-electron chi connectivity index (χ2n) is 5.33. The van der Waals surface area contributed by atoms with Crippen LogP contribution in [0, 0.1) is 0 Å². The molecule has 0 aliphatic carbocycles. The summed E-state index contributed by atoms with van der Waals surface area (Å²) < 4.78 is 0. The Morgan fingerprint density at radius 1 is 1.28 bits per heavy atom. The van der Waals surface area contributed by atoms with Gasteiger partial charge in [-0.25, -0.2) is 0 Å². The molecule has 0 aliphatic heterocycles. The van der Waals surface area contributed by atoms with E-state index in [-0.39, 0.29) is 0 Å². The van der Waals surface area contributed by atoms with Gasteiger partial charge in [0.15, 0.2) is 0 Å². The molecule has 102 valence electrons. The number of anilines is 1. The first-order chi connectivity index (χ1) is 8.56. The average Bonchev–Trinajstić information content (AvgIpc) is 2.33. The molecule has 18 heavy (non-hydrogen) atoms. The Morgan fingerprint density at radius 2 is 2.00 bits per heavy atom. The Labute approximate surface area is 112 Å². The number of rotatable bonds is 7. The van der Waals surface area contributed by atoms with Crippen LogP contribution in [0.25, 0.3) is 0 Å². The van der Waals surface area contributed by atoms with Gasteiger partial charge in [0.25, 0.3) is 0 Å². The van der Waals surface area contributed by atoms with Crippen molar-refractivity contribution < 1.29 is 0 Å². The molecule has 0 atom stereocenters. The van der Waals surface area contributed by atoms with Crippen molar-refractivity contribution in [3.8, 4) is 0 Å². The lowest BCUT2D eigenvalue weighted by Crippen LogP contribution is -2.33. The molecule has 1 aromatic rings. The van der Waals surface area contributed by atoms with Crippen molar-refractivity contribution in [3.05, 3.63) is 24.0 Å². The van der Waals surface area contributed by atoms with E-state index in [1.54, 1.807) is 0 Å². The summed E-state index contributed by atoms with van der Waals surface area (Å²) >= 11 is 0. The highest BCUT2D eigenvalue weighted by atomic mass is 15.2. The molecule has 1 aromatic heterocycles. The minimum absolute atomic E-state index is 0.504. The number of hydrogen-bond donors (Lipinski definition) is 1. The minimum Gasteiger partial charge on any atom is -0.368 e. The molecule has 0 spiro atoms. The van der Waals surface area contributed by atoms with Gasteiger partial charge in [-0.3, -0.25) is 4.98 Å². The smallest absolute Gasteiger partial charge is 0.0600 e. The van der Waals surface area contributed by atoms with Crippen LogP contribution in [0.15, 0.2) is 18.5 Å². The molecule has 0 amide bonds. The molecule has 0 radical (unpaired) electrons. The van der Waals surface area contributed by atoms with E-state index in [1.807, 2.05) is 12.4 Å². The summed E-state index contributed by atoms with van der Waals surface area (Å²) in [4.78, 5) is 6.72. The molecule has 3 heteroatoms. The highest BCUT2D eigenvalue weighted by Gasteiger charge is 2.13. The summed E-state index contributed by atoms with van der Waals surface area (Å²) in [5.41, 5.74) is 2.60. The van der Waals surface area contributed by atoms with Gasteiger partial charge >= 0.3 is 0 Å². The first-order valence-electron chi connectivity index (χ1n) is 6.99. The summed E-state index contributed by atoms with van der Waals surface area (Å²) in [6.45, 7) is 13.0. The quantitative estimate of drug-likeness (QED) is 0.804. The molecule has 1 rings (SSSR count). The summed E-state index contributed by atoms with van der Waals surface area (Å²) in [5, 5.41) is 3.48. The van der Waals surface area contributed by atoms with E-state index in [0.717, 1.165) is 19.5 Å². The maximum Gasteiger partial charge on any atom is 0.0600 e. The van der Waals surface area contributed by atoms with Gasteiger partial charge in [-0.05, 0) is 31.9 Å². The van der Waals surface area contributed by atoms with Gasteiger partial charge in [-0.2, -0.15) is 0 Å². The van der Waals surface area contributed by atoms with Crippen molar-refractivity contribution in [2.75, 3.05) is 11.4 Å². The van der Waals surface area contributed by atoms with Crippen LogP contribution in [-0.4, -0.2) is 23.6 Å². The predicted octanol–water partition coefficient (Wildman–Crippen LogP) is 3.20. The van der Waals surface area contributed by atoms with E-state index in [0.29, 0.717) is 12.1 Å². The lowest BCUT2D eigenvalue weighted by atomic mass is 10.1. The summed E-state index contributed by atoms with van der Waals surface area (Å²) in [6, 6.07) is 3.13. The van der Waals surface area contributed by atoms with Crippen molar-refractivity contribution >= 4 is 5.69 Å². The highest BCUT2D eigenvalue weighted by molar-refractivity contribution is 5.52.